The number of nitrogens with zero attached hydrogens (tertiary/aromatic N) is 1. The van der Waals surface area contributed by atoms with Crippen molar-refractivity contribution in [3.8, 4) is 11.5 Å². The number of hydrogen-bond donors (Lipinski definition) is 2. The van der Waals surface area contributed by atoms with Gasteiger partial charge < -0.3 is 14.8 Å². The quantitative estimate of drug-likeness (QED) is 0.268. The average Bonchev–Trinajstić information content (AvgIpc) is 2.79. The van der Waals surface area contributed by atoms with Crippen LogP contribution in [0.3, 0.4) is 0 Å². The van der Waals surface area contributed by atoms with Crippen LogP contribution in [-0.4, -0.2) is 22.5 Å². The first-order valence-corrected chi connectivity index (χ1v) is 10.8. The fourth-order valence-electron chi connectivity index (χ4n) is 2.99. The number of benzene rings is 3. The topological polar surface area (TPSA) is 120 Å². The van der Waals surface area contributed by atoms with Crippen LogP contribution in [0.4, 0.5) is 35.0 Å². The van der Waals surface area contributed by atoms with E-state index in [-0.39, 0.29) is 22.7 Å². The van der Waals surface area contributed by atoms with E-state index in [0.29, 0.717) is 5.69 Å². The van der Waals surface area contributed by atoms with Gasteiger partial charge in [-0.3, -0.25) is 20.2 Å². The summed E-state index contributed by atoms with van der Waals surface area (Å²) in [5.74, 6) is -0.685. The highest BCUT2D eigenvalue weighted by molar-refractivity contribution is 6.04. The predicted molar refractivity (Wildman–Crippen MR) is 129 cm³/mol. The molecule has 194 valence electrons. The molecule has 37 heavy (non-hydrogen) atoms. The monoisotopic (exact) mass is 517 g/mol. The lowest BCUT2D eigenvalue weighted by atomic mass is 10.1. The van der Waals surface area contributed by atoms with Crippen LogP contribution in [0.2, 0.25) is 0 Å². The zero-order valence-electron chi connectivity index (χ0n) is 19.9. The highest BCUT2D eigenvalue weighted by Crippen LogP contribution is 2.33. The lowest BCUT2D eigenvalue weighted by molar-refractivity contribution is -0.385. The van der Waals surface area contributed by atoms with Gasteiger partial charge in [0.1, 0.15) is 11.4 Å². The first kappa shape index (κ1) is 27.0. The number of amides is 2. The summed E-state index contributed by atoms with van der Waals surface area (Å²) in [6, 6.07) is 13.2. The molecule has 0 aliphatic carbocycles. The van der Waals surface area contributed by atoms with Crippen LogP contribution in [0, 0.1) is 10.1 Å². The highest BCUT2D eigenvalue weighted by Gasteiger charge is 2.30. The minimum atomic E-state index is -4.52. The Morgan fingerprint density at radius 1 is 0.865 bits per heavy atom. The van der Waals surface area contributed by atoms with E-state index in [9.17, 15) is 32.9 Å². The van der Waals surface area contributed by atoms with Crippen molar-refractivity contribution < 1.29 is 37.2 Å². The Labute approximate surface area is 209 Å². The molecule has 0 unspecified atom stereocenters. The molecule has 0 radical (unpaired) electrons. The number of halogens is 3. The summed E-state index contributed by atoms with van der Waals surface area (Å²) in [6.07, 6.45) is -5.17. The van der Waals surface area contributed by atoms with Gasteiger partial charge in [-0.2, -0.15) is 13.2 Å². The summed E-state index contributed by atoms with van der Waals surface area (Å²) < 4.78 is 48.8. The Morgan fingerprint density at radius 2 is 1.43 bits per heavy atom. The largest absolute Gasteiger partial charge is 0.450 e. The number of carbonyl (C=O) groups is 2. The number of nitro groups is 1. The molecule has 2 N–H and O–H groups in total. The van der Waals surface area contributed by atoms with Gasteiger partial charge in [0.25, 0.3) is 5.91 Å². The van der Waals surface area contributed by atoms with Crippen molar-refractivity contribution in [2.24, 2.45) is 0 Å². The summed E-state index contributed by atoms with van der Waals surface area (Å²) in [5, 5.41) is 16.5. The molecule has 0 saturated carbocycles. The molecule has 0 atom stereocenters. The zero-order valence-corrected chi connectivity index (χ0v) is 19.9. The van der Waals surface area contributed by atoms with Gasteiger partial charge in [0.15, 0.2) is 0 Å². The van der Waals surface area contributed by atoms with E-state index < -0.39 is 40.0 Å². The van der Waals surface area contributed by atoms with Crippen molar-refractivity contribution in [1.29, 1.82) is 0 Å². The van der Waals surface area contributed by atoms with E-state index in [0.717, 1.165) is 30.3 Å². The number of alkyl halides is 3. The standard InChI is InChI=1S/C25H22F3N3O6/c1-24(2,3)37-23(33)30-18-9-11-19(12-10-18)36-21-13-4-15(14-20(21)31(34)35)22(32)29-17-7-5-16(6-8-17)25(26,27)28/h4-14H,1-3H3,(H,29,32)(H,30,33). The Morgan fingerprint density at radius 3 is 1.97 bits per heavy atom. The van der Waals surface area contributed by atoms with E-state index in [4.69, 9.17) is 9.47 Å². The summed E-state index contributed by atoms with van der Waals surface area (Å²) in [4.78, 5) is 35.2. The number of carbonyl (C=O) groups excluding carboxylic acids is 2. The molecule has 0 aliphatic rings. The number of nitrogens with one attached hydrogen (secondary N) is 2. The van der Waals surface area contributed by atoms with Crippen molar-refractivity contribution in [2.45, 2.75) is 32.5 Å². The van der Waals surface area contributed by atoms with E-state index in [1.165, 1.54) is 36.4 Å². The van der Waals surface area contributed by atoms with Crippen LogP contribution < -0.4 is 15.4 Å². The number of rotatable bonds is 6. The number of ether oxygens (including phenoxy) is 2. The van der Waals surface area contributed by atoms with Crippen molar-refractivity contribution in [1.82, 2.24) is 0 Å². The second-order valence-corrected chi connectivity index (χ2v) is 8.72. The average molecular weight is 517 g/mol. The second-order valence-electron chi connectivity index (χ2n) is 8.72. The third-order valence-electron chi connectivity index (χ3n) is 4.62. The molecule has 0 bridgehead atoms. The van der Waals surface area contributed by atoms with Gasteiger partial charge in [0.05, 0.1) is 10.5 Å². The van der Waals surface area contributed by atoms with Crippen LogP contribution in [0.15, 0.2) is 66.7 Å². The minimum Gasteiger partial charge on any atom is -0.450 e. The van der Waals surface area contributed by atoms with Gasteiger partial charge in [-0.25, -0.2) is 4.79 Å². The van der Waals surface area contributed by atoms with E-state index in [1.807, 2.05) is 0 Å². The fraction of sp³-hybridized carbons (Fsp3) is 0.200. The maximum Gasteiger partial charge on any atom is 0.416 e. The normalized spacial score (nSPS) is 11.4. The van der Waals surface area contributed by atoms with Crippen molar-refractivity contribution in [3.63, 3.8) is 0 Å². The predicted octanol–water partition coefficient (Wildman–Crippen LogP) is 7.01. The number of hydrogen-bond acceptors (Lipinski definition) is 6. The van der Waals surface area contributed by atoms with E-state index >= 15 is 0 Å². The molecule has 12 heteroatoms. The number of nitro benzene ring substituents is 1. The smallest absolute Gasteiger partial charge is 0.416 e. The molecule has 0 fully saturated rings. The lowest BCUT2D eigenvalue weighted by Gasteiger charge is -2.19. The molecule has 0 saturated heterocycles. The molecule has 3 aromatic carbocycles. The molecular weight excluding hydrogens is 495 g/mol. The number of anilines is 2. The molecule has 3 aromatic rings. The Balaban J connectivity index is 1.71. The highest BCUT2D eigenvalue weighted by atomic mass is 19.4. The SMILES string of the molecule is CC(C)(C)OC(=O)Nc1ccc(Oc2ccc(C(=O)Nc3ccc(C(F)(F)F)cc3)cc2[N+](=O)[O-])cc1. The van der Waals surface area contributed by atoms with Crippen molar-refractivity contribution >= 4 is 29.1 Å². The lowest BCUT2D eigenvalue weighted by Crippen LogP contribution is -2.27. The van der Waals surface area contributed by atoms with Crippen molar-refractivity contribution in [3.05, 3.63) is 88.0 Å². The third-order valence-corrected chi connectivity index (χ3v) is 4.62. The zero-order chi connectivity index (χ0) is 27.4. The van der Waals surface area contributed by atoms with E-state index in [1.54, 1.807) is 20.8 Å². The molecule has 0 aliphatic heterocycles. The molecule has 0 spiro atoms. The Kier molecular flexibility index (Phi) is 7.70. The van der Waals surface area contributed by atoms with Gasteiger partial charge in [-0.05, 0) is 81.4 Å². The van der Waals surface area contributed by atoms with Crippen LogP contribution >= 0.6 is 0 Å². The third kappa shape index (κ3) is 7.69. The Hall–Kier alpha value is -4.61. The molecule has 0 heterocycles. The van der Waals surface area contributed by atoms with Gasteiger partial charge in [0.2, 0.25) is 5.75 Å². The fourth-order valence-corrected chi connectivity index (χ4v) is 2.99. The summed E-state index contributed by atoms with van der Waals surface area (Å²) in [7, 11) is 0. The second kappa shape index (κ2) is 10.6. The molecule has 9 nitrogen and oxygen atoms in total. The maximum absolute atomic E-state index is 12.7. The molecule has 3 rings (SSSR count). The van der Waals surface area contributed by atoms with Crippen LogP contribution in [0.25, 0.3) is 0 Å². The molecule has 0 aromatic heterocycles. The Bertz CT molecular complexity index is 1300. The molecule has 2 amide bonds. The van der Waals surface area contributed by atoms with Crippen LogP contribution in [0.5, 0.6) is 11.5 Å². The van der Waals surface area contributed by atoms with Crippen LogP contribution in [-0.2, 0) is 10.9 Å². The summed E-state index contributed by atoms with van der Waals surface area (Å²) in [5.41, 5.74) is -1.66. The summed E-state index contributed by atoms with van der Waals surface area (Å²) >= 11 is 0. The van der Waals surface area contributed by atoms with Gasteiger partial charge in [0, 0.05) is 23.0 Å². The maximum atomic E-state index is 12.7. The van der Waals surface area contributed by atoms with Crippen LogP contribution in [0.1, 0.15) is 36.7 Å². The van der Waals surface area contributed by atoms with Crippen molar-refractivity contribution in [2.75, 3.05) is 10.6 Å². The van der Waals surface area contributed by atoms with Gasteiger partial charge in [-0.1, -0.05) is 0 Å². The molecular formula is C25H22F3N3O6. The first-order chi connectivity index (χ1) is 17.2. The first-order valence-electron chi connectivity index (χ1n) is 10.8. The van der Waals surface area contributed by atoms with Gasteiger partial charge >= 0.3 is 18.0 Å². The van der Waals surface area contributed by atoms with E-state index in [2.05, 4.69) is 10.6 Å². The minimum absolute atomic E-state index is 0.0843. The van der Waals surface area contributed by atoms with Gasteiger partial charge in [-0.15, -0.1) is 0 Å². The summed E-state index contributed by atoms with van der Waals surface area (Å²) in [6.45, 7) is 5.17.